The first kappa shape index (κ1) is 14.2. The highest BCUT2D eigenvalue weighted by Crippen LogP contribution is 2.23. The third-order valence-electron chi connectivity index (χ3n) is 3.46. The van der Waals surface area contributed by atoms with Crippen LogP contribution < -0.4 is 5.32 Å². The molecule has 1 N–H and O–H groups in total. The summed E-state index contributed by atoms with van der Waals surface area (Å²) in [5.74, 6) is 0. The van der Waals surface area contributed by atoms with E-state index in [1.807, 2.05) is 35.5 Å². The van der Waals surface area contributed by atoms with Gasteiger partial charge in [-0.15, -0.1) is 0 Å². The van der Waals surface area contributed by atoms with Gasteiger partial charge < -0.3 is 9.88 Å². The van der Waals surface area contributed by atoms with E-state index in [9.17, 15) is 0 Å². The van der Waals surface area contributed by atoms with E-state index in [4.69, 9.17) is 5.26 Å². The number of rotatable bonds is 4. The molecule has 0 atom stereocenters. The molecule has 2 aromatic rings. The highest BCUT2D eigenvalue weighted by atomic mass is 15.3. The van der Waals surface area contributed by atoms with Gasteiger partial charge in [0.2, 0.25) is 0 Å². The lowest BCUT2D eigenvalue weighted by Crippen LogP contribution is -2.06. The van der Waals surface area contributed by atoms with Gasteiger partial charge in [-0.1, -0.05) is 0 Å². The maximum absolute atomic E-state index is 8.97. The molecule has 0 fully saturated rings. The normalized spacial score (nSPS) is 10.8. The second-order valence-corrected chi connectivity index (χ2v) is 5.39. The van der Waals surface area contributed by atoms with Gasteiger partial charge in [0.15, 0.2) is 0 Å². The van der Waals surface area contributed by atoms with Crippen LogP contribution in [0.5, 0.6) is 0 Å². The zero-order valence-electron chi connectivity index (χ0n) is 12.7. The van der Waals surface area contributed by atoms with Crippen LogP contribution in [-0.4, -0.2) is 14.3 Å². The second-order valence-electron chi connectivity index (χ2n) is 5.39. The van der Waals surface area contributed by atoms with Crippen LogP contribution in [-0.2, 0) is 13.6 Å². The Labute approximate surface area is 119 Å². The monoisotopic (exact) mass is 271 g/mol. The van der Waals surface area contributed by atoms with Gasteiger partial charge in [-0.2, -0.15) is 10.4 Å². The number of nitriles is 1. The topological polar surface area (TPSA) is 58.6 Å². The molecule has 0 amide bonds. The van der Waals surface area contributed by atoms with E-state index < -0.39 is 0 Å². The SMILES string of the molecule is Cc1nn(C(C)C)c(C)c1NCc1cc(C#N)n(C)c1. The van der Waals surface area contributed by atoms with Crippen molar-refractivity contribution in [2.24, 2.45) is 7.05 Å². The summed E-state index contributed by atoms with van der Waals surface area (Å²) in [5, 5.41) is 17.0. The van der Waals surface area contributed by atoms with Crippen molar-refractivity contribution >= 4 is 5.69 Å². The van der Waals surface area contributed by atoms with Crippen LogP contribution in [0, 0.1) is 25.2 Å². The summed E-state index contributed by atoms with van der Waals surface area (Å²) in [7, 11) is 1.88. The summed E-state index contributed by atoms with van der Waals surface area (Å²) in [6.45, 7) is 9.04. The lowest BCUT2D eigenvalue weighted by atomic mass is 10.2. The quantitative estimate of drug-likeness (QED) is 0.930. The van der Waals surface area contributed by atoms with E-state index in [1.165, 1.54) is 0 Å². The maximum Gasteiger partial charge on any atom is 0.120 e. The van der Waals surface area contributed by atoms with Gasteiger partial charge in [0.25, 0.3) is 0 Å². The summed E-state index contributed by atoms with van der Waals surface area (Å²) < 4.78 is 3.87. The average molecular weight is 271 g/mol. The number of aryl methyl sites for hydroxylation is 2. The predicted molar refractivity (Wildman–Crippen MR) is 79.5 cm³/mol. The molecule has 0 unspecified atom stereocenters. The highest BCUT2D eigenvalue weighted by molar-refractivity contribution is 5.52. The van der Waals surface area contributed by atoms with Gasteiger partial charge in [0.1, 0.15) is 11.8 Å². The fraction of sp³-hybridized carbons (Fsp3) is 0.467. The number of hydrogen-bond donors (Lipinski definition) is 1. The molecule has 0 aliphatic carbocycles. The highest BCUT2D eigenvalue weighted by Gasteiger charge is 2.13. The van der Waals surface area contributed by atoms with Crippen molar-refractivity contribution in [3.63, 3.8) is 0 Å². The molecule has 0 aliphatic rings. The molecule has 0 radical (unpaired) electrons. The van der Waals surface area contributed by atoms with Crippen LogP contribution >= 0.6 is 0 Å². The van der Waals surface area contributed by atoms with Crippen molar-refractivity contribution in [3.8, 4) is 6.07 Å². The van der Waals surface area contributed by atoms with Crippen LogP contribution in [0.15, 0.2) is 12.3 Å². The predicted octanol–water partition coefficient (Wildman–Crippen LogP) is 2.90. The first-order chi connectivity index (χ1) is 9.43. The van der Waals surface area contributed by atoms with E-state index >= 15 is 0 Å². The lowest BCUT2D eigenvalue weighted by Gasteiger charge is -2.09. The van der Waals surface area contributed by atoms with E-state index in [0.717, 1.165) is 22.6 Å². The van der Waals surface area contributed by atoms with Crippen LogP contribution in [0.3, 0.4) is 0 Å². The van der Waals surface area contributed by atoms with Crippen LogP contribution in [0.2, 0.25) is 0 Å². The van der Waals surface area contributed by atoms with Gasteiger partial charge in [-0.05, 0) is 39.3 Å². The standard InChI is InChI=1S/C15H21N5/c1-10(2)20-12(4)15(11(3)18-20)17-8-13-6-14(7-16)19(5)9-13/h6,9-10,17H,8H2,1-5H3. The number of hydrogen-bond acceptors (Lipinski definition) is 3. The molecule has 2 heterocycles. The minimum Gasteiger partial charge on any atom is -0.378 e. The van der Waals surface area contributed by atoms with Gasteiger partial charge in [-0.3, -0.25) is 4.68 Å². The van der Waals surface area contributed by atoms with Crippen molar-refractivity contribution in [1.29, 1.82) is 5.26 Å². The number of aromatic nitrogens is 3. The van der Waals surface area contributed by atoms with Crippen molar-refractivity contribution < 1.29 is 0 Å². The van der Waals surface area contributed by atoms with E-state index in [-0.39, 0.29) is 0 Å². The molecular formula is C15H21N5. The van der Waals surface area contributed by atoms with Crippen molar-refractivity contribution in [3.05, 3.63) is 34.9 Å². The van der Waals surface area contributed by atoms with E-state index in [0.29, 0.717) is 18.3 Å². The molecule has 0 aromatic carbocycles. The summed E-state index contributed by atoms with van der Waals surface area (Å²) in [6.07, 6.45) is 1.98. The Morgan fingerprint density at radius 3 is 2.60 bits per heavy atom. The molecule has 0 saturated heterocycles. The molecule has 5 heteroatoms. The molecule has 0 saturated carbocycles. The van der Waals surface area contributed by atoms with Crippen LogP contribution in [0.4, 0.5) is 5.69 Å². The van der Waals surface area contributed by atoms with Gasteiger partial charge in [0.05, 0.1) is 17.1 Å². The first-order valence-electron chi connectivity index (χ1n) is 6.79. The average Bonchev–Trinajstić information content (AvgIpc) is 2.88. The molecule has 0 spiro atoms. The molecular weight excluding hydrogens is 250 g/mol. The second kappa shape index (κ2) is 5.41. The summed E-state index contributed by atoms with van der Waals surface area (Å²) >= 11 is 0. The zero-order chi connectivity index (χ0) is 14.9. The van der Waals surface area contributed by atoms with Crippen LogP contribution in [0.25, 0.3) is 0 Å². The number of anilines is 1. The Morgan fingerprint density at radius 1 is 1.40 bits per heavy atom. The molecule has 0 aliphatic heterocycles. The fourth-order valence-corrected chi connectivity index (χ4v) is 2.45. The maximum atomic E-state index is 8.97. The number of nitrogens with one attached hydrogen (secondary N) is 1. The lowest BCUT2D eigenvalue weighted by molar-refractivity contribution is 0.516. The summed E-state index contributed by atoms with van der Waals surface area (Å²) in [4.78, 5) is 0. The largest absolute Gasteiger partial charge is 0.378 e. The Kier molecular flexibility index (Phi) is 3.84. The molecule has 5 nitrogen and oxygen atoms in total. The molecule has 0 bridgehead atoms. The Morgan fingerprint density at radius 2 is 2.10 bits per heavy atom. The van der Waals surface area contributed by atoms with Gasteiger partial charge >= 0.3 is 0 Å². The summed E-state index contributed by atoms with van der Waals surface area (Å²) in [6, 6.07) is 4.43. The van der Waals surface area contributed by atoms with E-state index in [1.54, 1.807) is 0 Å². The Hall–Kier alpha value is -2.22. The van der Waals surface area contributed by atoms with E-state index in [2.05, 4.69) is 37.3 Å². The zero-order valence-corrected chi connectivity index (χ0v) is 12.7. The summed E-state index contributed by atoms with van der Waals surface area (Å²) in [5.41, 5.74) is 5.01. The molecule has 2 rings (SSSR count). The van der Waals surface area contributed by atoms with Crippen molar-refractivity contribution in [1.82, 2.24) is 14.3 Å². The Bertz CT molecular complexity index is 655. The molecule has 106 valence electrons. The Balaban J connectivity index is 2.17. The minimum absolute atomic E-state index is 0.353. The first-order valence-corrected chi connectivity index (χ1v) is 6.79. The third-order valence-corrected chi connectivity index (χ3v) is 3.46. The van der Waals surface area contributed by atoms with Gasteiger partial charge in [0, 0.05) is 25.8 Å². The fourth-order valence-electron chi connectivity index (χ4n) is 2.45. The number of nitrogens with zero attached hydrogens (tertiary/aromatic N) is 4. The molecule has 2 aromatic heterocycles. The van der Waals surface area contributed by atoms with Crippen molar-refractivity contribution in [2.75, 3.05) is 5.32 Å². The third kappa shape index (κ3) is 2.55. The molecule has 20 heavy (non-hydrogen) atoms. The minimum atomic E-state index is 0.353. The van der Waals surface area contributed by atoms with Crippen molar-refractivity contribution in [2.45, 2.75) is 40.3 Å². The van der Waals surface area contributed by atoms with Crippen LogP contribution in [0.1, 0.15) is 42.5 Å². The smallest absolute Gasteiger partial charge is 0.120 e. The van der Waals surface area contributed by atoms with Gasteiger partial charge in [-0.25, -0.2) is 0 Å².